The first-order valence-electron chi connectivity index (χ1n) is 10.9. The number of rotatable bonds is 6. The average molecular weight is 485 g/mol. The molecule has 0 bridgehead atoms. The predicted octanol–water partition coefficient (Wildman–Crippen LogP) is 9.89. The highest BCUT2D eigenvalue weighted by Gasteiger charge is 2.23. The molecule has 2 nitrogen and oxygen atoms in total. The summed E-state index contributed by atoms with van der Waals surface area (Å²) in [5.74, 6) is 3.37. The molecule has 4 aromatic rings. The molecular formula is C29H28F4O2. The predicted molar refractivity (Wildman–Crippen MR) is 132 cm³/mol. The SMILES string of the molecule is Cc1ccc(Oc2ccc(C(C)(C)c3ccc(Oc4ccc(C)cc4)cc3)cc2)cc1.FF.FF. The number of ether oxygens (including phenoxy) is 2. The van der Waals surface area contributed by atoms with Crippen molar-refractivity contribution in [2.24, 2.45) is 0 Å². The fourth-order valence-electron chi connectivity index (χ4n) is 3.53. The lowest BCUT2D eigenvalue weighted by molar-refractivity contribution is 0.108. The maximum Gasteiger partial charge on any atom is 0.127 e. The van der Waals surface area contributed by atoms with Crippen LogP contribution >= 0.6 is 0 Å². The number of halogens is 4. The zero-order valence-electron chi connectivity index (χ0n) is 20.1. The Morgan fingerprint density at radius 3 is 0.914 bits per heavy atom. The number of hydrogen-bond acceptors (Lipinski definition) is 2. The molecule has 4 aromatic carbocycles. The van der Waals surface area contributed by atoms with Crippen molar-refractivity contribution in [1.82, 2.24) is 0 Å². The van der Waals surface area contributed by atoms with E-state index in [0.717, 1.165) is 23.0 Å². The Balaban J connectivity index is 0.00000103. The van der Waals surface area contributed by atoms with Gasteiger partial charge in [-0.15, -0.1) is 0 Å². The number of aryl methyl sites for hydroxylation is 2. The summed E-state index contributed by atoms with van der Waals surface area (Å²) in [6.07, 6.45) is 0. The highest BCUT2D eigenvalue weighted by atomic mass is 20.0. The molecule has 0 radical (unpaired) electrons. The van der Waals surface area contributed by atoms with Gasteiger partial charge in [0.1, 0.15) is 23.0 Å². The van der Waals surface area contributed by atoms with Gasteiger partial charge in [-0.25, -0.2) is 0 Å². The molecule has 0 aliphatic rings. The Bertz CT molecular complexity index is 1050. The molecule has 0 amide bonds. The van der Waals surface area contributed by atoms with Gasteiger partial charge in [-0.05, 0) is 73.5 Å². The standard InChI is InChI=1S/C29H28O2.2F2/c1-21-5-13-25(14-6-21)30-27-17-9-23(10-18-27)29(3,4)24-11-19-28(20-12-24)31-26-15-7-22(2)8-16-26;2*1-2/h5-20H,1-4H3;;. The first-order chi connectivity index (χ1) is 16.9. The Hall–Kier alpha value is -3.80. The fraction of sp³-hybridized carbons (Fsp3) is 0.172. The Morgan fingerprint density at radius 2 is 0.657 bits per heavy atom. The van der Waals surface area contributed by atoms with Crippen molar-refractivity contribution in [3.63, 3.8) is 0 Å². The third-order valence-corrected chi connectivity index (χ3v) is 5.67. The fourth-order valence-corrected chi connectivity index (χ4v) is 3.53. The van der Waals surface area contributed by atoms with Crippen molar-refractivity contribution < 1.29 is 27.8 Å². The van der Waals surface area contributed by atoms with E-state index in [4.69, 9.17) is 27.8 Å². The minimum atomic E-state index is -0.134. The van der Waals surface area contributed by atoms with Crippen molar-refractivity contribution in [1.29, 1.82) is 0 Å². The summed E-state index contributed by atoms with van der Waals surface area (Å²) in [4.78, 5) is 0. The summed E-state index contributed by atoms with van der Waals surface area (Å²) < 4.78 is 43.9. The van der Waals surface area contributed by atoms with Crippen LogP contribution in [0.5, 0.6) is 23.0 Å². The molecule has 0 saturated heterocycles. The van der Waals surface area contributed by atoms with Crippen LogP contribution in [0.4, 0.5) is 18.3 Å². The zero-order valence-corrected chi connectivity index (χ0v) is 20.1. The summed E-state index contributed by atoms with van der Waals surface area (Å²) in [6, 6.07) is 32.9. The van der Waals surface area contributed by atoms with Gasteiger partial charge in [0.2, 0.25) is 0 Å². The van der Waals surface area contributed by atoms with Crippen LogP contribution < -0.4 is 9.47 Å². The van der Waals surface area contributed by atoms with Crippen LogP contribution in [0, 0.1) is 13.8 Å². The highest BCUT2D eigenvalue weighted by Crippen LogP contribution is 2.34. The van der Waals surface area contributed by atoms with Gasteiger partial charge in [0.05, 0.1) is 0 Å². The summed E-state index contributed by atoms with van der Waals surface area (Å²) in [7, 11) is 0. The van der Waals surface area contributed by atoms with E-state index < -0.39 is 0 Å². The maximum atomic E-state index is 8.00. The van der Waals surface area contributed by atoms with Gasteiger partial charge in [-0.3, -0.25) is 0 Å². The van der Waals surface area contributed by atoms with Crippen molar-refractivity contribution >= 4 is 0 Å². The molecule has 0 aliphatic carbocycles. The third kappa shape index (κ3) is 7.60. The molecule has 0 unspecified atom stereocenters. The average Bonchev–Trinajstić information content (AvgIpc) is 2.90. The molecule has 0 atom stereocenters. The molecule has 0 N–H and O–H groups in total. The molecule has 184 valence electrons. The summed E-state index contributed by atoms with van der Waals surface area (Å²) in [5, 5.41) is 0. The van der Waals surface area contributed by atoms with E-state index in [9.17, 15) is 0 Å². The minimum absolute atomic E-state index is 0.134. The number of hydrogen-bond donors (Lipinski definition) is 0. The lowest BCUT2D eigenvalue weighted by Gasteiger charge is -2.26. The van der Waals surface area contributed by atoms with Crippen molar-refractivity contribution in [2.45, 2.75) is 33.1 Å². The van der Waals surface area contributed by atoms with Crippen LogP contribution in [-0.2, 0) is 5.41 Å². The quantitative estimate of drug-likeness (QED) is 0.254. The Labute approximate surface area is 203 Å². The molecule has 0 spiro atoms. The van der Waals surface area contributed by atoms with E-state index in [0.29, 0.717) is 0 Å². The van der Waals surface area contributed by atoms with Gasteiger partial charge < -0.3 is 9.47 Å². The Kier molecular flexibility index (Phi) is 10.3. The van der Waals surface area contributed by atoms with Crippen LogP contribution in [0.3, 0.4) is 0 Å². The summed E-state index contributed by atoms with van der Waals surface area (Å²) in [5.41, 5.74) is 4.77. The largest absolute Gasteiger partial charge is 0.457 e. The van der Waals surface area contributed by atoms with Gasteiger partial charge in [0.15, 0.2) is 0 Å². The van der Waals surface area contributed by atoms with Crippen LogP contribution in [0.1, 0.15) is 36.1 Å². The molecule has 0 fully saturated rings. The van der Waals surface area contributed by atoms with E-state index in [1.54, 1.807) is 0 Å². The highest BCUT2D eigenvalue weighted by molar-refractivity contribution is 5.43. The maximum absolute atomic E-state index is 8.00. The van der Waals surface area contributed by atoms with Crippen molar-refractivity contribution in [2.75, 3.05) is 0 Å². The van der Waals surface area contributed by atoms with Crippen molar-refractivity contribution in [3.8, 4) is 23.0 Å². The number of benzene rings is 4. The van der Waals surface area contributed by atoms with Gasteiger partial charge in [0.25, 0.3) is 0 Å². The topological polar surface area (TPSA) is 18.5 Å². The van der Waals surface area contributed by atoms with Gasteiger partial charge in [0, 0.05) is 23.7 Å². The second-order valence-electron chi connectivity index (χ2n) is 8.50. The first kappa shape index (κ1) is 27.4. The van der Waals surface area contributed by atoms with E-state index >= 15 is 0 Å². The van der Waals surface area contributed by atoms with Crippen molar-refractivity contribution in [3.05, 3.63) is 119 Å². The molecule has 6 heteroatoms. The van der Waals surface area contributed by atoms with Crippen LogP contribution in [-0.4, -0.2) is 0 Å². The molecule has 0 saturated carbocycles. The van der Waals surface area contributed by atoms with Gasteiger partial charge in [-0.2, -0.15) is 0 Å². The van der Waals surface area contributed by atoms with Crippen LogP contribution in [0.25, 0.3) is 0 Å². The van der Waals surface area contributed by atoms with E-state index in [1.807, 2.05) is 48.5 Å². The van der Waals surface area contributed by atoms with E-state index in [2.05, 4.69) is 76.2 Å². The van der Waals surface area contributed by atoms with Crippen LogP contribution in [0.2, 0.25) is 0 Å². The van der Waals surface area contributed by atoms with Gasteiger partial charge in [-0.1, -0.05) is 73.5 Å². The summed E-state index contributed by atoms with van der Waals surface area (Å²) >= 11 is 0. The first-order valence-corrected chi connectivity index (χ1v) is 10.9. The minimum Gasteiger partial charge on any atom is -0.457 e. The second-order valence-corrected chi connectivity index (χ2v) is 8.50. The van der Waals surface area contributed by atoms with E-state index in [1.165, 1.54) is 22.3 Å². The zero-order chi connectivity index (χ0) is 25.8. The third-order valence-electron chi connectivity index (χ3n) is 5.67. The lowest BCUT2D eigenvalue weighted by atomic mass is 9.78. The molecule has 4 rings (SSSR count). The normalized spacial score (nSPS) is 10.3. The monoisotopic (exact) mass is 484 g/mol. The summed E-state index contributed by atoms with van der Waals surface area (Å²) in [6.45, 7) is 8.61. The lowest BCUT2D eigenvalue weighted by Crippen LogP contribution is -2.18. The second kappa shape index (κ2) is 13.2. The molecule has 0 heterocycles. The molecule has 0 aromatic heterocycles. The Morgan fingerprint density at radius 1 is 0.429 bits per heavy atom. The smallest absolute Gasteiger partial charge is 0.127 e. The van der Waals surface area contributed by atoms with Gasteiger partial charge >= 0.3 is 0 Å². The molecule has 35 heavy (non-hydrogen) atoms. The van der Waals surface area contributed by atoms with Crippen LogP contribution in [0.15, 0.2) is 97.1 Å². The molecular weight excluding hydrogens is 456 g/mol. The van der Waals surface area contributed by atoms with E-state index in [-0.39, 0.29) is 5.41 Å². The molecule has 0 aliphatic heterocycles.